The first kappa shape index (κ1) is 16.5. The second-order valence-electron chi connectivity index (χ2n) is 4.90. The molecule has 2 aromatic carbocycles. The quantitative estimate of drug-likeness (QED) is 0.555. The van der Waals surface area contributed by atoms with Crippen LogP contribution < -0.4 is 10.1 Å². The van der Waals surface area contributed by atoms with Crippen LogP contribution in [0, 0.1) is 10.1 Å². The number of carbonyl (C=O) groups is 1. The van der Waals surface area contributed by atoms with Crippen LogP contribution in [0.15, 0.2) is 48.5 Å². The summed E-state index contributed by atoms with van der Waals surface area (Å²) in [4.78, 5) is 22.4. The first-order valence-corrected chi connectivity index (χ1v) is 7.92. The number of rotatable bonds is 5. The molecule has 1 heterocycles. The SMILES string of the molecule is COc1ccc(C(=O)Nc2nnc(-c3ccc([N+](=O)[O-])cc3)s2)cc1. The van der Waals surface area contributed by atoms with E-state index in [1.54, 1.807) is 43.5 Å². The van der Waals surface area contributed by atoms with Gasteiger partial charge in [-0.2, -0.15) is 0 Å². The zero-order chi connectivity index (χ0) is 17.8. The number of anilines is 1. The smallest absolute Gasteiger partial charge is 0.269 e. The Bertz CT molecular complexity index is 907. The fourth-order valence-electron chi connectivity index (χ4n) is 2.03. The molecule has 0 aliphatic carbocycles. The van der Waals surface area contributed by atoms with Crippen molar-refractivity contribution >= 4 is 28.1 Å². The molecule has 0 fully saturated rings. The van der Waals surface area contributed by atoms with Crippen LogP contribution in [-0.2, 0) is 0 Å². The number of carbonyl (C=O) groups excluding carboxylic acids is 1. The number of amides is 1. The van der Waals surface area contributed by atoms with Crippen molar-refractivity contribution in [2.75, 3.05) is 12.4 Å². The molecule has 3 rings (SSSR count). The van der Waals surface area contributed by atoms with E-state index >= 15 is 0 Å². The predicted octanol–water partition coefficient (Wildman–Crippen LogP) is 3.37. The molecule has 8 nitrogen and oxygen atoms in total. The largest absolute Gasteiger partial charge is 0.497 e. The van der Waals surface area contributed by atoms with E-state index in [1.165, 1.54) is 23.5 Å². The van der Waals surface area contributed by atoms with Gasteiger partial charge in [-0.05, 0) is 36.4 Å². The van der Waals surface area contributed by atoms with E-state index in [0.717, 1.165) is 0 Å². The molecule has 0 saturated heterocycles. The molecule has 0 bridgehead atoms. The Morgan fingerprint density at radius 2 is 1.80 bits per heavy atom. The maximum Gasteiger partial charge on any atom is 0.269 e. The van der Waals surface area contributed by atoms with Crippen LogP contribution in [0.1, 0.15) is 10.4 Å². The third-order valence-electron chi connectivity index (χ3n) is 3.32. The maximum atomic E-state index is 12.2. The van der Waals surface area contributed by atoms with E-state index in [-0.39, 0.29) is 11.6 Å². The number of nitrogens with one attached hydrogen (secondary N) is 1. The van der Waals surface area contributed by atoms with Crippen LogP contribution in [0.25, 0.3) is 10.6 Å². The van der Waals surface area contributed by atoms with Gasteiger partial charge in [-0.25, -0.2) is 0 Å². The van der Waals surface area contributed by atoms with E-state index in [9.17, 15) is 14.9 Å². The molecule has 1 amide bonds. The number of nitrogens with zero attached hydrogens (tertiary/aromatic N) is 3. The number of non-ortho nitro benzene ring substituents is 1. The van der Waals surface area contributed by atoms with Crippen molar-refractivity contribution in [1.82, 2.24) is 10.2 Å². The lowest BCUT2D eigenvalue weighted by Gasteiger charge is -2.02. The molecule has 0 saturated carbocycles. The lowest BCUT2D eigenvalue weighted by molar-refractivity contribution is -0.384. The van der Waals surface area contributed by atoms with Crippen molar-refractivity contribution in [1.29, 1.82) is 0 Å². The molecule has 0 aliphatic rings. The van der Waals surface area contributed by atoms with E-state index in [2.05, 4.69) is 15.5 Å². The average Bonchev–Trinajstić information content (AvgIpc) is 3.10. The van der Waals surface area contributed by atoms with Crippen molar-refractivity contribution in [2.45, 2.75) is 0 Å². The van der Waals surface area contributed by atoms with Gasteiger partial charge in [0, 0.05) is 23.3 Å². The van der Waals surface area contributed by atoms with E-state index < -0.39 is 4.92 Å². The Balaban J connectivity index is 1.72. The zero-order valence-corrected chi connectivity index (χ0v) is 13.8. The average molecular weight is 356 g/mol. The predicted molar refractivity (Wildman–Crippen MR) is 92.9 cm³/mol. The van der Waals surface area contributed by atoms with Gasteiger partial charge in [0.2, 0.25) is 5.13 Å². The minimum Gasteiger partial charge on any atom is -0.497 e. The fraction of sp³-hybridized carbons (Fsp3) is 0.0625. The van der Waals surface area contributed by atoms with Crippen molar-refractivity contribution in [3.8, 4) is 16.3 Å². The summed E-state index contributed by atoms with van der Waals surface area (Å²) in [5, 5.41) is 22.2. The Morgan fingerprint density at radius 3 is 2.40 bits per heavy atom. The second kappa shape index (κ2) is 7.05. The fourth-order valence-corrected chi connectivity index (χ4v) is 2.77. The van der Waals surface area contributed by atoms with Crippen LogP contribution in [0.5, 0.6) is 5.75 Å². The van der Waals surface area contributed by atoms with Gasteiger partial charge in [-0.15, -0.1) is 10.2 Å². The molecular weight excluding hydrogens is 344 g/mol. The molecule has 1 aromatic heterocycles. The van der Waals surface area contributed by atoms with Gasteiger partial charge in [-0.3, -0.25) is 20.2 Å². The summed E-state index contributed by atoms with van der Waals surface area (Å²) < 4.78 is 5.05. The third kappa shape index (κ3) is 3.78. The number of aromatic nitrogens is 2. The Hall–Kier alpha value is -3.33. The Labute approximate surface area is 146 Å². The molecule has 0 atom stereocenters. The summed E-state index contributed by atoms with van der Waals surface area (Å²) in [6.45, 7) is 0. The van der Waals surface area contributed by atoms with Crippen LogP contribution in [0.3, 0.4) is 0 Å². The molecule has 1 N–H and O–H groups in total. The Morgan fingerprint density at radius 1 is 1.12 bits per heavy atom. The van der Waals surface area contributed by atoms with Gasteiger partial charge in [-0.1, -0.05) is 11.3 Å². The van der Waals surface area contributed by atoms with Gasteiger partial charge < -0.3 is 4.74 Å². The number of benzene rings is 2. The highest BCUT2D eigenvalue weighted by atomic mass is 32.1. The molecule has 0 spiro atoms. The van der Waals surface area contributed by atoms with Crippen molar-refractivity contribution in [3.05, 3.63) is 64.2 Å². The normalized spacial score (nSPS) is 10.3. The van der Waals surface area contributed by atoms with Crippen molar-refractivity contribution in [3.63, 3.8) is 0 Å². The highest BCUT2D eigenvalue weighted by molar-refractivity contribution is 7.18. The standard InChI is InChI=1S/C16H12N4O4S/c1-24-13-8-4-10(5-9-13)14(21)17-16-19-18-15(25-16)11-2-6-12(7-3-11)20(22)23/h2-9H,1H3,(H,17,19,21). The first-order valence-electron chi connectivity index (χ1n) is 7.10. The number of ether oxygens (including phenoxy) is 1. The van der Waals surface area contributed by atoms with Crippen LogP contribution in [-0.4, -0.2) is 28.1 Å². The van der Waals surface area contributed by atoms with Gasteiger partial charge in [0.25, 0.3) is 11.6 Å². The van der Waals surface area contributed by atoms with E-state index in [0.29, 0.717) is 27.0 Å². The number of hydrogen-bond donors (Lipinski definition) is 1. The first-order chi connectivity index (χ1) is 12.1. The summed E-state index contributed by atoms with van der Waals surface area (Å²) in [7, 11) is 1.55. The maximum absolute atomic E-state index is 12.2. The summed E-state index contributed by atoms with van der Waals surface area (Å²) in [6.07, 6.45) is 0. The zero-order valence-electron chi connectivity index (χ0n) is 13.0. The molecular formula is C16H12N4O4S. The number of hydrogen-bond acceptors (Lipinski definition) is 7. The highest BCUT2D eigenvalue weighted by Gasteiger charge is 2.12. The van der Waals surface area contributed by atoms with Gasteiger partial charge in [0.1, 0.15) is 10.8 Å². The molecule has 0 unspecified atom stereocenters. The molecule has 9 heteroatoms. The van der Waals surface area contributed by atoms with Crippen LogP contribution >= 0.6 is 11.3 Å². The van der Waals surface area contributed by atoms with E-state index in [1.807, 2.05) is 0 Å². The third-order valence-corrected chi connectivity index (χ3v) is 4.21. The molecule has 25 heavy (non-hydrogen) atoms. The van der Waals surface area contributed by atoms with Crippen LogP contribution in [0.4, 0.5) is 10.8 Å². The second-order valence-corrected chi connectivity index (χ2v) is 5.88. The topological polar surface area (TPSA) is 107 Å². The van der Waals surface area contributed by atoms with Gasteiger partial charge >= 0.3 is 0 Å². The summed E-state index contributed by atoms with van der Waals surface area (Å²) in [6, 6.07) is 12.6. The lowest BCUT2D eigenvalue weighted by atomic mass is 10.2. The summed E-state index contributed by atoms with van der Waals surface area (Å²) >= 11 is 1.18. The Kier molecular flexibility index (Phi) is 4.66. The monoisotopic (exact) mass is 356 g/mol. The molecule has 126 valence electrons. The van der Waals surface area contributed by atoms with Gasteiger partial charge in [0.05, 0.1) is 12.0 Å². The van der Waals surface area contributed by atoms with Crippen molar-refractivity contribution in [2.24, 2.45) is 0 Å². The lowest BCUT2D eigenvalue weighted by Crippen LogP contribution is -2.11. The van der Waals surface area contributed by atoms with E-state index in [4.69, 9.17) is 4.74 Å². The molecule has 0 aliphatic heterocycles. The van der Waals surface area contributed by atoms with Crippen molar-refractivity contribution < 1.29 is 14.5 Å². The highest BCUT2D eigenvalue weighted by Crippen LogP contribution is 2.28. The number of nitro groups is 1. The minimum atomic E-state index is -0.468. The number of methoxy groups -OCH3 is 1. The minimum absolute atomic E-state index is 0.00120. The summed E-state index contributed by atoms with van der Waals surface area (Å²) in [5.74, 6) is 0.349. The van der Waals surface area contributed by atoms with Crippen LogP contribution in [0.2, 0.25) is 0 Å². The molecule has 0 radical (unpaired) electrons. The molecule has 3 aromatic rings. The van der Waals surface area contributed by atoms with Gasteiger partial charge in [0.15, 0.2) is 0 Å². The number of nitro benzene ring substituents is 1. The summed E-state index contributed by atoms with van der Waals surface area (Å²) in [5.41, 5.74) is 1.15.